The number of benzene rings is 2. The van der Waals surface area contributed by atoms with Crippen molar-refractivity contribution in [3.05, 3.63) is 83.4 Å². The number of amides is 1. The summed E-state index contributed by atoms with van der Waals surface area (Å²) in [7, 11) is 1.53. The third-order valence-corrected chi connectivity index (χ3v) is 6.45. The third kappa shape index (κ3) is 7.26. The van der Waals surface area contributed by atoms with Gasteiger partial charge in [0.05, 0.1) is 17.6 Å². The van der Waals surface area contributed by atoms with Gasteiger partial charge in [-0.05, 0) is 61.5 Å². The van der Waals surface area contributed by atoms with E-state index in [9.17, 15) is 44.3 Å². The Morgan fingerprint density at radius 2 is 1.63 bits per heavy atom. The first-order valence-corrected chi connectivity index (χ1v) is 12.0. The predicted octanol–water partition coefficient (Wildman–Crippen LogP) is 6.43. The predicted molar refractivity (Wildman–Crippen MR) is 127 cm³/mol. The van der Waals surface area contributed by atoms with Gasteiger partial charge < -0.3 is 9.64 Å². The van der Waals surface area contributed by atoms with Crippen molar-refractivity contribution < 1.29 is 49.0 Å². The second-order valence-corrected chi connectivity index (χ2v) is 9.24. The molecule has 0 saturated carbocycles. The summed E-state index contributed by atoms with van der Waals surface area (Å²) in [6.45, 7) is 0.0650. The van der Waals surface area contributed by atoms with Gasteiger partial charge in [0.1, 0.15) is 5.75 Å². The monoisotopic (exact) mass is 592 g/mol. The topological polar surface area (TPSA) is 58.6 Å². The Morgan fingerprint density at radius 3 is 2.24 bits per heavy atom. The molecule has 1 aliphatic heterocycles. The fraction of sp³-hybridized carbons (Fsp3) is 0.346. The summed E-state index contributed by atoms with van der Waals surface area (Å²) >= 11 is 0. The average molecular weight is 592 g/mol. The molecule has 6 nitrogen and oxygen atoms in total. The van der Waals surface area contributed by atoms with E-state index in [0.717, 1.165) is 42.6 Å². The van der Waals surface area contributed by atoms with E-state index in [-0.39, 0.29) is 36.3 Å². The maximum Gasteiger partial charge on any atom is 0.573 e. The van der Waals surface area contributed by atoms with Gasteiger partial charge in [-0.3, -0.25) is 9.69 Å². The normalized spacial score (nSPS) is 18.3. The lowest BCUT2D eigenvalue weighted by Gasteiger charge is -2.26. The van der Waals surface area contributed by atoms with E-state index < -0.39 is 53.8 Å². The van der Waals surface area contributed by atoms with Gasteiger partial charge in [0, 0.05) is 30.5 Å². The summed E-state index contributed by atoms with van der Waals surface area (Å²) in [5.41, 5.74) is -0.572. The number of aromatic nitrogens is 2. The number of halogens is 9. The molecule has 220 valence electrons. The molecular weight excluding hydrogens is 571 g/mol. The van der Waals surface area contributed by atoms with Crippen LogP contribution in [0.3, 0.4) is 0 Å². The molecule has 2 heterocycles. The highest BCUT2D eigenvalue weighted by atomic mass is 19.4. The minimum absolute atomic E-state index is 0.00569. The smallest absolute Gasteiger partial charge is 0.406 e. The highest BCUT2D eigenvalue weighted by molar-refractivity contribution is 6.00. The van der Waals surface area contributed by atoms with Crippen molar-refractivity contribution in [1.29, 1.82) is 0 Å². The number of ether oxygens (including phenoxy) is 1. The van der Waals surface area contributed by atoms with Gasteiger partial charge in [0.25, 0.3) is 0 Å². The molecular formula is C26H21F9N4O2. The number of hydrogen-bond donors (Lipinski definition) is 0. The van der Waals surface area contributed by atoms with Gasteiger partial charge in [-0.15, -0.1) is 13.2 Å². The minimum Gasteiger partial charge on any atom is -0.406 e. The van der Waals surface area contributed by atoms with Gasteiger partial charge in [-0.2, -0.15) is 26.3 Å². The third-order valence-electron chi connectivity index (χ3n) is 6.45. The zero-order valence-electron chi connectivity index (χ0n) is 21.1. The Labute approximate surface area is 227 Å². The van der Waals surface area contributed by atoms with E-state index in [1.807, 2.05) is 0 Å². The number of hydrogen-bond acceptors (Lipinski definition) is 5. The van der Waals surface area contributed by atoms with Crippen molar-refractivity contribution >= 4 is 11.6 Å². The molecule has 2 atom stereocenters. The van der Waals surface area contributed by atoms with Crippen molar-refractivity contribution in [2.45, 2.75) is 43.6 Å². The highest BCUT2D eigenvalue weighted by Gasteiger charge is 2.44. The van der Waals surface area contributed by atoms with Crippen molar-refractivity contribution in [2.75, 3.05) is 18.5 Å². The lowest BCUT2D eigenvalue weighted by Crippen LogP contribution is -2.40. The largest absolute Gasteiger partial charge is 0.573 e. The molecule has 0 spiro atoms. The van der Waals surface area contributed by atoms with Crippen molar-refractivity contribution in [2.24, 2.45) is 0 Å². The van der Waals surface area contributed by atoms with Crippen LogP contribution in [0.4, 0.5) is 45.2 Å². The number of carbonyl (C=O) groups is 1. The van der Waals surface area contributed by atoms with Gasteiger partial charge in [0.15, 0.2) is 0 Å². The fourth-order valence-electron chi connectivity index (χ4n) is 4.54. The standard InChI is InChI=1S/C26H21F9N4O2/c1-38(12-10-17-9-11-36-23(37-17)25(30,31)32)21-14-20(15-3-2-4-19(13-15)41-26(33,34)35)39(22(21)40)18-7-5-16(6-8-18)24(27,28)29/h2-9,11,13,20-21H,10,12,14H2,1H3/t20-,21-/m1/s1. The first-order valence-electron chi connectivity index (χ1n) is 12.0. The van der Waals surface area contributed by atoms with E-state index in [2.05, 4.69) is 14.7 Å². The van der Waals surface area contributed by atoms with E-state index >= 15 is 0 Å². The number of alkyl halides is 9. The maximum absolute atomic E-state index is 13.6. The van der Waals surface area contributed by atoms with Crippen LogP contribution < -0.4 is 9.64 Å². The summed E-state index contributed by atoms with van der Waals surface area (Å²) in [5.74, 6) is -2.42. The van der Waals surface area contributed by atoms with Crippen molar-refractivity contribution in [3.63, 3.8) is 0 Å². The quantitative estimate of drug-likeness (QED) is 0.296. The molecule has 1 aliphatic rings. The molecule has 1 fully saturated rings. The zero-order valence-corrected chi connectivity index (χ0v) is 21.1. The number of carbonyl (C=O) groups excluding carboxylic acids is 1. The first kappa shape index (κ1) is 30.1. The van der Waals surface area contributed by atoms with Crippen LogP contribution >= 0.6 is 0 Å². The van der Waals surface area contributed by atoms with Crippen molar-refractivity contribution in [3.8, 4) is 5.75 Å². The number of nitrogens with zero attached hydrogens (tertiary/aromatic N) is 4. The van der Waals surface area contributed by atoms with Crippen LogP contribution in [0.1, 0.15) is 35.1 Å². The molecule has 0 bridgehead atoms. The summed E-state index contributed by atoms with van der Waals surface area (Å²) in [6, 6.07) is 8.15. The van der Waals surface area contributed by atoms with Gasteiger partial charge >= 0.3 is 18.7 Å². The van der Waals surface area contributed by atoms with Gasteiger partial charge in [-0.25, -0.2) is 9.97 Å². The summed E-state index contributed by atoms with van der Waals surface area (Å²) in [5, 5.41) is 0. The number of likely N-dealkylation sites (N-methyl/N-ethyl adjacent to an activating group) is 1. The fourth-order valence-corrected chi connectivity index (χ4v) is 4.54. The van der Waals surface area contributed by atoms with Crippen LogP contribution in [-0.2, 0) is 23.6 Å². The lowest BCUT2D eigenvalue weighted by molar-refractivity contribution is -0.274. The van der Waals surface area contributed by atoms with Crippen LogP contribution in [0.15, 0.2) is 60.8 Å². The minimum atomic E-state index is -4.98. The van der Waals surface area contributed by atoms with E-state index in [0.29, 0.717) is 0 Å². The first-order chi connectivity index (χ1) is 19.0. The molecule has 41 heavy (non-hydrogen) atoms. The number of anilines is 1. The van der Waals surface area contributed by atoms with Crippen LogP contribution in [0.25, 0.3) is 0 Å². The molecule has 1 aromatic heterocycles. The Hall–Kier alpha value is -3.88. The molecule has 4 rings (SSSR count). The Morgan fingerprint density at radius 1 is 0.951 bits per heavy atom. The van der Waals surface area contributed by atoms with Crippen LogP contribution in [-0.4, -0.2) is 46.8 Å². The molecule has 2 aromatic carbocycles. The Kier molecular flexibility index (Phi) is 8.21. The van der Waals surface area contributed by atoms with Crippen LogP contribution in [0.2, 0.25) is 0 Å². The summed E-state index contributed by atoms with van der Waals surface area (Å²) < 4.78 is 121. The van der Waals surface area contributed by atoms with E-state index in [4.69, 9.17) is 0 Å². The molecule has 0 aliphatic carbocycles. The van der Waals surface area contributed by atoms with Crippen LogP contribution in [0, 0.1) is 0 Å². The molecule has 3 aromatic rings. The molecule has 15 heteroatoms. The summed E-state index contributed by atoms with van der Waals surface area (Å²) in [6.07, 6.45) is -13.4. The second kappa shape index (κ2) is 11.2. The van der Waals surface area contributed by atoms with Gasteiger partial charge in [-0.1, -0.05) is 12.1 Å². The molecule has 1 saturated heterocycles. The second-order valence-electron chi connectivity index (χ2n) is 9.24. The Bertz CT molecular complexity index is 1370. The SMILES string of the molecule is CN(CCc1ccnc(C(F)(F)F)n1)[C@@H]1C[C@H](c2cccc(OC(F)(F)F)c2)N(c2ccc(C(F)(F)F)cc2)C1=O. The molecule has 1 amide bonds. The van der Waals surface area contributed by atoms with E-state index in [1.54, 1.807) is 4.90 Å². The molecule has 0 unspecified atom stereocenters. The zero-order chi connectivity index (χ0) is 30.2. The lowest BCUT2D eigenvalue weighted by atomic mass is 10.0. The number of rotatable bonds is 7. The Balaban J connectivity index is 1.62. The molecule has 0 radical (unpaired) electrons. The highest BCUT2D eigenvalue weighted by Crippen LogP contribution is 2.41. The maximum atomic E-state index is 13.6. The molecule has 0 N–H and O–H groups in total. The van der Waals surface area contributed by atoms with Crippen molar-refractivity contribution in [1.82, 2.24) is 14.9 Å². The average Bonchev–Trinajstić information content (AvgIpc) is 3.23. The van der Waals surface area contributed by atoms with Gasteiger partial charge in [0.2, 0.25) is 11.7 Å². The van der Waals surface area contributed by atoms with Crippen LogP contribution in [0.5, 0.6) is 5.75 Å². The van der Waals surface area contributed by atoms with E-state index in [1.165, 1.54) is 30.1 Å². The summed E-state index contributed by atoms with van der Waals surface area (Å²) in [4.78, 5) is 23.0.